The molecule has 1 aromatic carbocycles. The highest BCUT2D eigenvalue weighted by atomic mass is 16.5. The van der Waals surface area contributed by atoms with Gasteiger partial charge in [-0.3, -0.25) is 4.79 Å². The van der Waals surface area contributed by atoms with E-state index >= 15 is 0 Å². The van der Waals surface area contributed by atoms with Crippen LogP contribution in [0.5, 0.6) is 0 Å². The van der Waals surface area contributed by atoms with E-state index in [1.165, 1.54) is 0 Å². The maximum absolute atomic E-state index is 10.7. The average Bonchev–Trinajstić information content (AvgIpc) is 2.42. The molecule has 112 valence electrons. The van der Waals surface area contributed by atoms with E-state index in [1.54, 1.807) is 0 Å². The molecule has 3 unspecified atom stereocenters. The quantitative estimate of drug-likeness (QED) is 0.629. The first-order valence-corrected chi connectivity index (χ1v) is 6.85. The van der Waals surface area contributed by atoms with Crippen LogP contribution in [-0.4, -0.2) is 36.3 Å². The van der Waals surface area contributed by atoms with Crippen LogP contribution in [0.3, 0.4) is 0 Å². The molecule has 5 heteroatoms. The van der Waals surface area contributed by atoms with Crippen molar-refractivity contribution in [3.8, 4) is 0 Å². The zero-order valence-corrected chi connectivity index (χ0v) is 12.1. The van der Waals surface area contributed by atoms with Crippen LogP contribution in [0.15, 0.2) is 30.3 Å². The van der Waals surface area contributed by atoms with Crippen molar-refractivity contribution in [3.63, 3.8) is 0 Å². The molecular formula is C15H24N2O3. The number of hydrogen-bond donors (Lipinski definition) is 3. The highest BCUT2D eigenvalue weighted by molar-refractivity contribution is 5.74. The van der Waals surface area contributed by atoms with Crippen LogP contribution in [0, 0.1) is 0 Å². The fourth-order valence-corrected chi connectivity index (χ4v) is 1.85. The summed E-state index contributed by atoms with van der Waals surface area (Å²) in [6.45, 7) is 4.42. The minimum absolute atomic E-state index is 0.0475. The summed E-state index contributed by atoms with van der Waals surface area (Å²) >= 11 is 0. The second-order valence-corrected chi connectivity index (χ2v) is 5.02. The van der Waals surface area contributed by atoms with Crippen molar-refractivity contribution in [2.45, 2.75) is 38.5 Å². The summed E-state index contributed by atoms with van der Waals surface area (Å²) in [5, 5.41) is 12.9. The second kappa shape index (κ2) is 8.68. The molecule has 0 heterocycles. The van der Waals surface area contributed by atoms with Gasteiger partial charge in [0.15, 0.2) is 0 Å². The first-order chi connectivity index (χ1) is 9.49. The number of nitrogens with one attached hydrogen (secondary N) is 1. The Labute approximate surface area is 120 Å². The lowest BCUT2D eigenvalue weighted by Gasteiger charge is -2.19. The Morgan fingerprint density at radius 2 is 2.00 bits per heavy atom. The number of aliphatic hydroxyl groups is 1. The number of primary amides is 1. The molecule has 0 aliphatic rings. The van der Waals surface area contributed by atoms with Crippen molar-refractivity contribution >= 4 is 5.91 Å². The maximum atomic E-state index is 10.7. The second-order valence-electron chi connectivity index (χ2n) is 5.02. The number of ether oxygens (including phenoxy) is 1. The van der Waals surface area contributed by atoms with Crippen molar-refractivity contribution < 1.29 is 14.6 Å². The molecule has 3 atom stereocenters. The van der Waals surface area contributed by atoms with E-state index in [-0.39, 0.29) is 31.1 Å². The summed E-state index contributed by atoms with van der Waals surface area (Å²) in [6, 6.07) is 9.80. The standard InChI is InChI=1S/C15H24N2O3/c1-11(8-15(16)19)17-9-14(18)10-20-12(2)13-6-4-3-5-7-13/h3-7,11-12,14,17-18H,8-10H2,1-2H3,(H2,16,19). The van der Waals surface area contributed by atoms with Gasteiger partial charge in [0.2, 0.25) is 5.91 Å². The van der Waals surface area contributed by atoms with E-state index in [4.69, 9.17) is 10.5 Å². The minimum Gasteiger partial charge on any atom is -0.389 e. The third kappa shape index (κ3) is 6.65. The van der Waals surface area contributed by atoms with Gasteiger partial charge in [-0.1, -0.05) is 30.3 Å². The Morgan fingerprint density at radius 3 is 2.60 bits per heavy atom. The normalized spacial score (nSPS) is 15.6. The molecule has 4 N–H and O–H groups in total. The number of amides is 1. The Hall–Kier alpha value is -1.43. The highest BCUT2D eigenvalue weighted by Gasteiger charge is 2.11. The van der Waals surface area contributed by atoms with E-state index in [0.717, 1.165) is 5.56 Å². The molecule has 20 heavy (non-hydrogen) atoms. The van der Waals surface area contributed by atoms with Crippen molar-refractivity contribution in [1.29, 1.82) is 0 Å². The Morgan fingerprint density at radius 1 is 1.35 bits per heavy atom. The van der Waals surface area contributed by atoms with Crippen LogP contribution >= 0.6 is 0 Å². The Bertz CT molecular complexity index is 397. The summed E-state index contributed by atoms with van der Waals surface area (Å²) in [5.41, 5.74) is 6.17. The molecule has 0 saturated carbocycles. The molecule has 0 aliphatic heterocycles. The van der Waals surface area contributed by atoms with E-state index < -0.39 is 6.10 Å². The topological polar surface area (TPSA) is 84.6 Å². The minimum atomic E-state index is -0.614. The number of nitrogens with two attached hydrogens (primary N) is 1. The third-order valence-electron chi connectivity index (χ3n) is 3.02. The maximum Gasteiger partial charge on any atom is 0.218 e. The van der Waals surface area contributed by atoms with Crippen molar-refractivity contribution in [3.05, 3.63) is 35.9 Å². The molecular weight excluding hydrogens is 256 g/mol. The van der Waals surface area contributed by atoms with Gasteiger partial charge in [0.25, 0.3) is 0 Å². The third-order valence-corrected chi connectivity index (χ3v) is 3.02. The number of aliphatic hydroxyl groups excluding tert-OH is 1. The van der Waals surface area contributed by atoms with E-state index in [0.29, 0.717) is 6.54 Å². The van der Waals surface area contributed by atoms with Gasteiger partial charge in [-0.15, -0.1) is 0 Å². The lowest BCUT2D eigenvalue weighted by molar-refractivity contribution is -0.118. The highest BCUT2D eigenvalue weighted by Crippen LogP contribution is 2.15. The Balaban J connectivity index is 2.23. The summed E-state index contributed by atoms with van der Waals surface area (Å²) < 4.78 is 5.62. The van der Waals surface area contributed by atoms with E-state index in [1.807, 2.05) is 44.2 Å². The zero-order chi connectivity index (χ0) is 15.0. The summed E-state index contributed by atoms with van der Waals surface area (Å²) in [7, 11) is 0. The average molecular weight is 280 g/mol. The monoisotopic (exact) mass is 280 g/mol. The van der Waals surface area contributed by atoms with Gasteiger partial charge in [-0.25, -0.2) is 0 Å². The molecule has 1 amide bonds. The SMILES string of the molecule is CC(CC(N)=O)NCC(O)COC(C)c1ccccc1. The fraction of sp³-hybridized carbons (Fsp3) is 0.533. The van der Waals surface area contributed by atoms with Crippen LogP contribution in [0.1, 0.15) is 31.9 Å². The van der Waals surface area contributed by atoms with Gasteiger partial charge in [0.05, 0.1) is 18.8 Å². The lowest BCUT2D eigenvalue weighted by Crippen LogP contribution is -2.38. The number of carbonyl (C=O) groups excluding carboxylic acids is 1. The van der Waals surface area contributed by atoms with Crippen molar-refractivity contribution in [2.24, 2.45) is 5.73 Å². The molecule has 1 aromatic rings. The van der Waals surface area contributed by atoms with Gasteiger partial charge in [-0.2, -0.15) is 0 Å². The molecule has 0 saturated heterocycles. The molecule has 0 bridgehead atoms. The molecule has 0 fully saturated rings. The summed E-state index contributed by atoms with van der Waals surface area (Å²) in [5.74, 6) is -0.353. The first-order valence-electron chi connectivity index (χ1n) is 6.85. The van der Waals surface area contributed by atoms with Crippen LogP contribution in [0.4, 0.5) is 0 Å². The van der Waals surface area contributed by atoms with E-state index in [2.05, 4.69) is 5.32 Å². The van der Waals surface area contributed by atoms with Crippen molar-refractivity contribution in [1.82, 2.24) is 5.32 Å². The zero-order valence-electron chi connectivity index (χ0n) is 12.1. The number of benzene rings is 1. The molecule has 0 aromatic heterocycles. The van der Waals surface area contributed by atoms with E-state index in [9.17, 15) is 9.90 Å². The smallest absolute Gasteiger partial charge is 0.218 e. The Kier molecular flexibility index (Phi) is 7.22. The summed E-state index contributed by atoms with van der Waals surface area (Å²) in [6.07, 6.45) is -0.418. The van der Waals surface area contributed by atoms with Crippen LogP contribution in [0.25, 0.3) is 0 Å². The van der Waals surface area contributed by atoms with Crippen molar-refractivity contribution in [2.75, 3.05) is 13.2 Å². The van der Waals surface area contributed by atoms with Gasteiger partial charge < -0.3 is 20.9 Å². The van der Waals surface area contributed by atoms with Gasteiger partial charge in [0, 0.05) is 19.0 Å². The van der Waals surface area contributed by atoms with Crippen LogP contribution in [0.2, 0.25) is 0 Å². The largest absolute Gasteiger partial charge is 0.389 e. The predicted molar refractivity (Wildman–Crippen MR) is 78.1 cm³/mol. The van der Waals surface area contributed by atoms with Gasteiger partial charge in [0.1, 0.15) is 0 Å². The van der Waals surface area contributed by atoms with Crippen LogP contribution in [-0.2, 0) is 9.53 Å². The lowest BCUT2D eigenvalue weighted by atomic mass is 10.1. The molecule has 0 radical (unpaired) electrons. The first kappa shape index (κ1) is 16.6. The number of carbonyl (C=O) groups is 1. The molecule has 0 spiro atoms. The number of hydrogen-bond acceptors (Lipinski definition) is 4. The molecule has 0 aliphatic carbocycles. The van der Waals surface area contributed by atoms with Gasteiger partial charge in [-0.05, 0) is 19.4 Å². The fourth-order valence-electron chi connectivity index (χ4n) is 1.85. The predicted octanol–water partition coefficient (Wildman–Crippen LogP) is 0.979. The van der Waals surface area contributed by atoms with Gasteiger partial charge >= 0.3 is 0 Å². The number of rotatable bonds is 9. The molecule has 5 nitrogen and oxygen atoms in total. The molecule has 1 rings (SSSR count). The summed E-state index contributed by atoms with van der Waals surface area (Å²) in [4.78, 5) is 10.7. The van der Waals surface area contributed by atoms with Crippen LogP contribution < -0.4 is 11.1 Å².